The lowest BCUT2D eigenvalue weighted by atomic mass is 9.71. The summed E-state index contributed by atoms with van der Waals surface area (Å²) in [7, 11) is 2.20. The molecule has 2 heterocycles. The van der Waals surface area contributed by atoms with Gasteiger partial charge in [-0.05, 0) is 56.8 Å². The van der Waals surface area contributed by atoms with Gasteiger partial charge >= 0.3 is 6.09 Å². The Morgan fingerprint density at radius 3 is 2.27 bits per heavy atom. The molecule has 4 heteroatoms. The lowest BCUT2D eigenvalue weighted by Crippen LogP contribution is -2.47. The number of hydrogen-bond acceptors (Lipinski definition) is 3. The Kier molecular flexibility index (Phi) is 4.67. The van der Waals surface area contributed by atoms with Gasteiger partial charge in [-0.3, -0.25) is 0 Å². The van der Waals surface area contributed by atoms with Crippen molar-refractivity contribution in [2.24, 2.45) is 5.41 Å². The summed E-state index contributed by atoms with van der Waals surface area (Å²) in [6, 6.07) is 9.87. The van der Waals surface area contributed by atoms with E-state index in [4.69, 9.17) is 4.74 Å². The van der Waals surface area contributed by atoms with Gasteiger partial charge in [-0.25, -0.2) is 4.79 Å². The zero-order chi connectivity index (χ0) is 15.4. The summed E-state index contributed by atoms with van der Waals surface area (Å²) in [5.74, 6) is 0. The maximum Gasteiger partial charge on any atom is 0.410 e. The third kappa shape index (κ3) is 3.61. The molecule has 4 nitrogen and oxygen atoms in total. The molecule has 120 valence electrons. The van der Waals surface area contributed by atoms with E-state index in [1.807, 2.05) is 35.2 Å². The minimum atomic E-state index is -0.161. The molecule has 0 radical (unpaired) electrons. The zero-order valence-electron chi connectivity index (χ0n) is 13.5. The largest absolute Gasteiger partial charge is 0.445 e. The molecule has 2 fully saturated rings. The van der Waals surface area contributed by atoms with E-state index in [1.54, 1.807) is 0 Å². The Balaban J connectivity index is 1.46. The van der Waals surface area contributed by atoms with Gasteiger partial charge < -0.3 is 14.5 Å². The van der Waals surface area contributed by atoms with Gasteiger partial charge in [-0.1, -0.05) is 30.3 Å². The summed E-state index contributed by atoms with van der Waals surface area (Å²) in [5, 5.41) is 0. The van der Waals surface area contributed by atoms with Crippen LogP contribution in [0.25, 0.3) is 0 Å². The molecule has 1 amide bonds. The summed E-state index contributed by atoms with van der Waals surface area (Å²) in [6.45, 7) is 4.44. The number of benzene rings is 1. The molecule has 0 bridgehead atoms. The molecule has 0 unspecified atom stereocenters. The van der Waals surface area contributed by atoms with E-state index < -0.39 is 0 Å². The van der Waals surface area contributed by atoms with E-state index in [-0.39, 0.29) is 6.09 Å². The topological polar surface area (TPSA) is 32.8 Å². The maximum atomic E-state index is 12.2. The number of ether oxygens (including phenoxy) is 1. The summed E-state index contributed by atoms with van der Waals surface area (Å²) >= 11 is 0. The van der Waals surface area contributed by atoms with Crippen molar-refractivity contribution in [3.8, 4) is 0 Å². The second-order valence-corrected chi connectivity index (χ2v) is 6.83. The lowest BCUT2D eigenvalue weighted by Gasteiger charge is -2.45. The van der Waals surface area contributed by atoms with Crippen LogP contribution in [0.3, 0.4) is 0 Å². The maximum absolute atomic E-state index is 12.2. The predicted octanol–water partition coefficient (Wildman–Crippen LogP) is 3.13. The Labute approximate surface area is 133 Å². The number of carbonyl (C=O) groups excluding carboxylic acids is 1. The molecule has 0 atom stereocenters. The third-order valence-electron chi connectivity index (χ3n) is 5.34. The molecule has 1 aromatic rings. The average Bonchev–Trinajstić information content (AvgIpc) is 2.57. The van der Waals surface area contributed by atoms with Crippen molar-refractivity contribution < 1.29 is 9.53 Å². The first-order chi connectivity index (χ1) is 10.7. The van der Waals surface area contributed by atoms with E-state index in [0.29, 0.717) is 12.0 Å². The number of hydrogen-bond donors (Lipinski definition) is 0. The molecule has 22 heavy (non-hydrogen) atoms. The van der Waals surface area contributed by atoms with Crippen molar-refractivity contribution in [3.05, 3.63) is 35.9 Å². The summed E-state index contributed by atoms with van der Waals surface area (Å²) in [6.07, 6.45) is 4.64. The molecule has 0 saturated carbocycles. The fourth-order valence-electron chi connectivity index (χ4n) is 3.57. The van der Waals surface area contributed by atoms with Crippen LogP contribution in [0.2, 0.25) is 0 Å². The minimum Gasteiger partial charge on any atom is -0.445 e. The van der Waals surface area contributed by atoms with Crippen LogP contribution in [0.4, 0.5) is 4.79 Å². The van der Waals surface area contributed by atoms with E-state index in [1.165, 1.54) is 25.9 Å². The zero-order valence-corrected chi connectivity index (χ0v) is 13.5. The van der Waals surface area contributed by atoms with Crippen LogP contribution < -0.4 is 0 Å². The highest BCUT2D eigenvalue weighted by Crippen LogP contribution is 2.40. The number of likely N-dealkylation sites (tertiary alicyclic amines) is 2. The number of rotatable bonds is 2. The van der Waals surface area contributed by atoms with Crippen LogP contribution in [-0.2, 0) is 11.3 Å². The fourth-order valence-corrected chi connectivity index (χ4v) is 3.57. The highest BCUT2D eigenvalue weighted by molar-refractivity contribution is 5.67. The van der Waals surface area contributed by atoms with Gasteiger partial charge in [0.1, 0.15) is 6.61 Å². The second kappa shape index (κ2) is 6.69. The van der Waals surface area contributed by atoms with E-state index >= 15 is 0 Å². The van der Waals surface area contributed by atoms with Crippen molar-refractivity contribution in [1.29, 1.82) is 0 Å². The molecule has 3 rings (SSSR count). The minimum absolute atomic E-state index is 0.161. The fraction of sp³-hybridized carbons (Fsp3) is 0.611. The van der Waals surface area contributed by atoms with Gasteiger partial charge in [0.15, 0.2) is 0 Å². The van der Waals surface area contributed by atoms with Gasteiger partial charge in [0, 0.05) is 13.1 Å². The van der Waals surface area contributed by atoms with Crippen LogP contribution in [-0.4, -0.2) is 49.1 Å². The van der Waals surface area contributed by atoms with Gasteiger partial charge in [0.2, 0.25) is 0 Å². The number of piperidine rings is 2. The van der Waals surface area contributed by atoms with E-state index in [2.05, 4.69) is 11.9 Å². The summed E-state index contributed by atoms with van der Waals surface area (Å²) in [4.78, 5) is 16.5. The predicted molar refractivity (Wildman–Crippen MR) is 86.6 cm³/mol. The van der Waals surface area contributed by atoms with Crippen LogP contribution >= 0.6 is 0 Å². The summed E-state index contributed by atoms with van der Waals surface area (Å²) < 4.78 is 5.44. The lowest BCUT2D eigenvalue weighted by molar-refractivity contribution is 0.0314. The summed E-state index contributed by atoms with van der Waals surface area (Å²) in [5.41, 5.74) is 1.52. The quantitative estimate of drug-likeness (QED) is 0.841. The molecular weight excluding hydrogens is 276 g/mol. The molecule has 2 aliphatic heterocycles. The Morgan fingerprint density at radius 1 is 1.05 bits per heavy atom. The van der Waals surface area contributed by atoms with Crippen LogP contribution in [0, 0.1) is 5.41 Å². The number of nitrogens with zero attached hydrogens (tertiary/aromatic N) is 2. The molecule has 0 aliphatic carbocycles. The monoisotopic (exact) mass is 302 g/mol. The van der Waals surface area contributed by atoms with Crippen LogP contribution in [0.1, 0.15) is 31.2 Å². The first-order valence-electron chi connectivity index (χ1n) is 8.31. The first-order valence-corrected chi connectivity index (χ1v) is 8.31. The smallest absolute Gasteiger partial charge is 0.410 e. The van der Waals surface area contributed by atoms with Crippen molar-refractivity contribution in [3.63, 3.8) is 0 Å². The van der Waals surface area contributed by atoms with Gasteiger partial charge in [-0.15, -0.1) is 0 Å². The third-order valence-corrected chi connectivity index (χ3v) is 5.34. The van der Waals surface area contributed by atoms with Crippen LogP contribution in [0.15, 0.2) is 30.3 Å². The highest BCUT2D eigenvalue weighted by atomic mass is 16.6. The molecule has 0 aromatic heterocycles. The highest BCUT2D eigenvalue weighted by Gasteiger charge is 2.38. The van der Waals surface area contributed by atoms with Crippen LogP contribution in [0.5, 0.6) is 0 Å². The molecule has 0 N–H and O–H groups in total. The van der Waals surface area contributed by atoms with Gasteiger partial charge in [0.25, 0.3) is 0 Å². The van der Waals surface area contributed by atoms with Crippen molar-refractivity contribution in [1.82, 2.24) is 9.80 Å². The SMILES string of the molecule is CN1CCC2(CC1)CCN(C(=O)OCc1ccccc1)CC2. The average molecular weight is 302 g/mol. The van der Waals surface area contributed by atoms with E-state index in [0.717, 1.165) is 31.5 Å². The first kappa shape index (κ1) is 15.3. The van der Waals surface area contributed by atoms with Crippen molar-refractivity contribution in [2.75, 3.05) is 33.2 Å². The molecule has 1 spiro atoms. The van der Waals surface area contributed by atoms with Crippen molar-refractivity contribution >= 4 is 6.09 Å². The Bertz CT molecular complexity index is 485. The second-order valence-electron chi connectivity index (χ2n) is 6.83. The standard InChI is InChI=1S/C18H26N2O2/c1-19-11-7-18(8-12-19)9-13-20(14-10-18)17(21)22-15-16-5-3-2-4-6-16/h2-6H,7-15H2,1H3. The molecule has 1 aromatic carbocycles. The van der Waals surface area contributed by atoms with Gasteiger partial charge in [-0.2, -0.15) is 0 Å². The Morgan fingerprint density at radius 2 is 1.64 bits per heavy atom. The molecular formula is C18H26N2O2. The van der Waals surface area contributed by atoms with Gasteiger partial charge in [0.05, 0.1) is 0 Å². The number of amides is 1. The molecule has 2 saturated heterocycles. The molecule has 2 aliphatic rings. The van der Waals surface area contributed by atoms with Crippen molar-refractivity contribution in [2.45, 2.75) is 32.3 Å². The normalized spacial score (nSPS) is 21.8. The Hall–Kier alpha value is -1.55. The number of carbonyl (C=O) groups is 1. The van der Waals surface area contributed by atoms with E-state index in [9.17, 15) is 4.79 Å².